The summed E-state index contributed by atoms with van der Waals surface area (Å²) >= 11 is 0. The maximum atomic E-state index is 13.3. The molecule has 0 aliphatic rings. The van der Waals surface area contributed by atoms with Gasteiger partial charge in [-0.25, -0.2) is 4.39 Å². The zero-order valence-electron chi connectivity index (χ0n) is 14.8. The molecular formula is C18H20F4NO3P. The van der Waals surface area contributed by atoms with Crippen LogP contribution in [0.25, 0.3) is 0 Å². The number of anilines is 1. The number of halogens is 4. The number of hydrogen-bond donors (Lipinski definition) is 1. The molecule has 27 heavy (non-hydrogen) atoms. The predicted molar refractivity (Wildman–Crippen MR) is 95.1 cm³/mol. The molecular weight excluding hydrogens is 385 g/mol. The summed E-state index contributed by atoms with van der Waals surface area (Å²) in [7, 11) is -3.73. The van der Waals surface area contributed by atoms with Crippen LogP contribution in [-0.2, 0) is 19.8 Å². The number of alkyl halides is 3. The standard InChI is InChI=1S/C18H20F4NO3P/c1-3-25-27(24,26-4-2)17(13-5-9-15(19)10-6-13)23-16-11-7-14(8-12-16)18(20,21)22/h5-12,17,23H,3-4H2,1-2H3. The first-order chi connectivity index (χ1) is 12.7. The minimum Gasteiger partial charge on any atom is -0.368 e. The third kappa shape index (κ3) is 5.54. The van der Waals surface area contributed by atoms with Crippen LogP contribution in [0.2, 0.25) is 0 Å². The fourth-order valence-corrected chi connectivity index (χ4v) is 4.39. The minimum absolute atomic E-state index is 0.101. The summed E-state index contributed by atoms with van der Waals surface area (Å²) < 4.78 is 75.4. The van der Waals surface area contributed by atoms with E-state index in [1.165, 1.54) is 36.4 Å². The molecule has 0 aliphatic heterocycles. The summed E-state index contributed by atoms with van der Waals surface area (Å²) in [6.45, 7) is 3.49. The van der Waals surface area contributed by atoms with Gasteiger partial charge in [-0.1, -0.05) is 12.1 Å². The van der Waals surface area contributed by atoms with Crippen LogP contribution in [0.5, 0.6) is 0 Å². The smallest absolute Gasteiger partial charge is 0.368 e. The van der Waals surface area contributed by atoms with E-state index in [0.717, 1.165) is 12.1 Å². The molecule has 2 aromatic rings. The fourth-order valence-electron chi connectivity index (χ4n) is 2.45. The third-order valence-electron chi connectivity index (χ3n) is 3.64. The van der Waals surface area contributed by atoms with E-state index in [4.69, 9.17) is 9.05 Å². The van der Waals surface area contributed by atoms with Crippen molar-refractivity contribution in [2.24, 2.45) is 0 Å². The van der Waals surface area contributed by atoms with Crippen molar-refractivity contribution in [2.45, 2.75) is 25.8 Å². The monoisotopic (exact) mass is 405 g/mol. The van der Waals surface area contributed by atoms with Crippen molar-refractivity contribution in [3.63, 3.8) is 0 Å². The van der Waals surface area contributed by atoms with Gasteiger partial charge in [0, 0.05) is 5.69 Å². The Morgan fingerprint density at radius 2 is 1.48 bits per heavy atom. The van der Waals surface area contributed by atoms with Gasteiger partial charge >= 0.3 is 13.8 Å². The van der Waals surface area contributed by atoms with Gasteiger partial charge in [-0.15, -0.1) is 0 Å². The maximum Gasteiger partial charge on any atom is 0.416 e. The van der Waals surface area contributed by atoms with Gasteiger partial charge in [0.1, 0.15) is 5.82 Å². The second-order valence-electron chi connectivity index (χ2n) is 5.55. The zero-order chi connectivity index (χ0) is 20.1. The molecule has 0 saturated heterocycles. The highest BCUT2D eigenvalue weighted by atomic mass is 31.2. The number of nitrogens with one attached hydrogen (secondary N) is 1. The van der Waals surface area contributed by atoms with E-state index in [1.54, 1.807) is 13.8 Å². The summed E-state index contributed by atoms with van der Waals surface area (Å²) in [5, 5.41) is 2.90. The van der Waals surface area contributed by atoms with Crippen LogP contribution in [0.15, 0.2) is 48.5 Å². The summed E-state index contributed by atoms with van der Waals surface area (Å²) in [6, 6.07) is 9.50. The Morgan fingerprint density at radius 1 is 0.963 bits per heavy atom. The largest absolute Gasteiger partial charge is 0.416 e. The Labute approximate surface area is 155 Å². The molecule has 0 amide bonds. The third-order valence-corrected chi connectivity index (χ3v) is 5.93. The first kappa shape index (κ1) is 21.4. The molecule has 0 radical (unpaired) electrons. The van der Waals surface area contributed by atoms with Crippen LogP contribution >= 0.6 is 7.60 Å². The molecule has 1 unspecified atom stereocenters. The summed E-state index contributed by atoms with van der Waals surface area (Å²) in [5.74, 6) is -1.50. The highest BCUT2D eigenvalue weighted by molar-refractivity contribution is 7.54. The van der Waals surface area contributed by atoms with E-state index in [-0.39, 0.29) is 18.9 Å². The van der Waals surface area contributed by atoms with Crippen molar-refractivity contribution in [3.05, 3.63) is 65.5 Å². The van der Waals surface area contributed by atoms with Crippen LogP contribution in [0.3, 0.4) is 0 Å². The second kappa shape index (κ2) is 8.87. The van der Waals surface area contributed by atoms with E-state index in [0.29, 0.717) is 5.56 Å². The van der Waals surface area contributed by atoms with Crippen molar-refractivity contribution < 1.29 is 31.2 Å². The molecule has 0 saturated carbocycles. The molecule has 0 aliphatic carbocycles. The molecule has 0 bridgehead atoms. The topological polar surface area (TPSA) is 47.6 Å². The SMILES string of the molecule is CCOP(=O)(OCC)C(Nc1ccc(C(F)(F)F)cc1)c1ccc(F)cc1. The average molecular weight is 405 g/mol. The van der Waals surface area contributed by atoms with Gasteiger partial charge in [-0.2, -0.15) is 13.2 Å². The molecule has 9 heteroatoms. The molecule has 1 atom stereocenters. The van der Waals surface area contributed by atoms with Crippen molar-refractivity contribution in [3.8, 4) is 0 Å². The second-order valence-corrected chi connectivity index (χ2v) is 7.66. The summed E-state index contributed by atoms with van der Waals surface area (Å²) in [4.78, 5) is 0. The maximum absolute atomic E-state index is 13.3. The lowest BCUT2D eigenvalue weighted by molar-refractivity contribution is -0.137. The lowest BCUT2D eigenvalue weighted by Crippen LogP contribution is -2.15. The fraction of sp³-hybridized carbons (Fsp3) is 0.333. The van der Waals surface area contributed by atoms with Crippen LogP contribution in [0.1, 0.15) is 30.8 Å². The predicted octanol–water partition coefficient (Wildman–Crippen LogP) is 6.22. The quantitative estimate of drug-likeness (QED) is 0.418. The normalized spacial score (nSPS) is 13.4. The lowest BCUT2D eigenvalue weighted by Gasteiger charge is -2.28. The van der Waals surface area contributed by atoms with Crippen LogP contribution in [0.4, 0.5) is 23.2 Å². The Balaban J connectivity index is 2.40. The molecule has 4 nitrogen and oxygen atoms in total. The molecule has 0 heterocycles. The van der Waals surface area contributed by atoms with E-state index >= 15 is 0 Å². The van der Waals surface area contributed by atoms with Crippen molar-refractivity contribution in [1.29, 1.82) is 0 Å². The van der Waals surface area contributed by atoms with E-state index < -0.39 is 30.9 Å². The highest BCUT2D eigenvalue weighted by Gasteiger charge is 2.37. The van der Waals surface area contributed by atoms with Crippen LogP contribution < -0.4 is 5.32 Å². The lowest BCUT2D eigenvalue weighted by atomic mass is 10.2. The number of hydrogen-bond acceptors (Lipinski definition) is 4. The van der Waals surface area contributed by atoms with Crippen molar-refractivity contribution in [2.75, 3.05) is 18.5 Å². The van der Waals surface area contributed by atoms with Gasteiger partial charge < -0.3 is 14.4 Å². The van der Waals surface area contributed by atoms with E-state index in [2.05, 4.69) is 5.32 Å². The van der Waals surface area contributed by atoms with Gasteiger partial charge in [0.2, 0.25) is 0 Å². The van der Waals surface area contributed by atoms with Gasteiger partial charge in [0.25, 0.3) is 0 Å². The Bertz CT molecular complexity index is 769. The summed E-state index contributed by atoms with van der Waals surface area (Å²) in [5.41, 5.74) is -0.0948. The van der Waals surface area contributed by atoms with Gasteiger partial charge in [0.05, 0.1) is 18.8 Å². The Kier molecular flexibility index (Phi) is 7.03. The summed E-state index contributed by atoms with van der Waals surface area (Å²) in [6.07, 6.45) is -4.46. The minimum atomic E-state index is -4.46. The first-order valence-corrected chi connectivity index (χ1v) is 9.89. The van der Waals surface area contributed by atoms with Crippen LogP contribution in [-0.4, -0.2) is 13.2 Å². The molecule has 148 valence electrons. The molecule has 0 fully saturated rings. The molecule has 1 N–H and O–H groups in total. The molecule has 2 aromatic carbocycles. The van der Waals surface area contributed by atoms with Gasteiger partial charge in [-0.3, -0.25) is 4.57 Å². The van der Waals surface area contributed by atoms with Crippen LogP contribution in [0, 0.1) is 5.82 Å². The first-order valence-electron chi connectivity index (χ1n) is 8.27. The van der Waals surface area contributed by atoms with E-state index in [1.807, 2.05) is 0 Å². The average Bonchev–Trinajstić information content (AvgIpc) is 2.60. The Hall–Kier alpha value is -1.89. The Morgan fingerprint density at radius 3 is 1.93 bits per heavy atom. The van der Waals surface area contributed by atoms with Crippen molar-refractivity contribution in [1.82, 2.24) is 0 Å². The van der Waals surface area contributed by atoms with E-state index in [9.17, 15) is 22.1 Å². The highest BCUT2D eigenvalue weighted by Crippen LogP contribution is 2.60. The van der Waals surface area contributed by atoms with Gasteiger partial charge in [-0.05, 0) is 55.8 Å². The molecule has 2 rings (SSSR count). The molecule has 0 spiro atoms. The zero-order valence-corrected chi connectivity index (χ0v) is 15.7. The molecule has 0 aromatic heterocycles. The van der Waals surface area contributed by atoms with Gasteiger partial charge in [0.15, 0.2) is 5.78 Å². The number of benzene rings is 2. The number of rotatable bonds is 8. The van der Waals surface area contributed by atoms with Crippen molar-refractivity contribution >= 4 is 13.3 Å².